The molecule has 2 rings (SSSR count). The van der Waals surface area contributed by atoms with E-state index in [1.807, 2.05) is 6.07 Å². The molecule has 0 spiro atoms. The standard InChI is InChI=1S/C14H20N2O3S/c1-2-18-13(15)8-14(17)19-11-5-6-16(9-11)10-12-4-3-7-20-12/h3-4,7,11,15H,2,5-6,8-10H2,1H3. The highest BCUT2D eigenvalue weighted by atomic mass is 32.1. The first kappa shape index (κ1) is 15.0. The normalized spacial score (nSPS) is 18.9. The van der Waals surface area contributed by atoms with E-state index in [2.05, 4.69) is 16.3 Å². The Morgan fingerprint density at radius 1 is 1.60 bits per heavy atom. The Labute approximate surface area is 123 Å². The van der Waals surface area contributed by atoms with Gasteiger partial charge in [0.05, 0.1) is 6.61 Å². The van der Waals surface area contributed by atoms with Gasteiger partial charge in [0.1, 0.15) is 12.5 Å². The van der Waals surface area contributed by atoms with Crippen molar-refractivity contribution >= 4 is 23.2 Å². The van der Waals surface area contributed by atoms with Crippen molar-refractivity contribution in [3.63, 3.8) is 0 Å². The molecule has 1 unspecified atom stereocenters. The zero-order chi connectivity index (χ0) is 14.4. The zero-order valence-corrected chi connectivity index (χ0v) is 12.4. The number of esters is 1. The summed E-state index contributed by atoms with van der Waals surface area (Å²) in [4.78, 5) is 15.3. The lowest BCUT2D eigenvalue weighted by molar-refractivity contribution is -0.147. The van der Waals surface area contributed by atoms with Gasteiger partial charge in [-0.25, -0.2) is 0 Å². The maximum Gasteiger partial charge on any atom is 0.315 e. The molecule has 5 nitrogen and oxygen atoms in total. The van der Waals surface area contributed by atoms with Crippen LogP contribution in [0.4, 0.5) is 0 Å². The number of likely N-dealkylation sites (tertiary alicyclic amines) is 1. The fourth-order valence-corrected chi connectivity index (χ4v) is 2.99. The van der Waals surface area contributed by atoms with E-state index in [0.717, 1.165) is 26.1 Å². The minimum Gasteiger partial charge on any atom is -0.481 e. The molecule has 1 saturated heterocycles. The summed E-state index contributed by atoms with van der Waals surface area (Å²) < 4.78 is 10.3. The molecule has 0 saturated carbocycles. The number of hydrogen-bond donors (Lipinski definition) is 1. The van der Waals surface area contributed by atoms with Crippen LogP contribution in [-0.4, -0.2) is 42.6 Å². The quantitative estimate of drug-likeness (QED) is 0.497. The fourth-order valence-electron chi connectivity index (χ4n) is 2.24. The number of thiophene rings is 1. The average molecular weight is 296 g/mol. The average Bonchev–Trinajstić information content (AvgIpc) is 3.02. The van der Waals surface area contributed by atoms with Gasteiger partial charge in [-0.2, -0.15) is 0 Å². The predicted molar refractivity (Wildman–Crippen MR) is 78.1 cm³/mol. The lowest BCUT2D eigenvalue weighted by Crippen LogP contribution is -2.25. The highest BCUT2D eigenvalue weighted by Gasteiger charge is 2.26. The number of carbonyl (C=O) groups excluding carboxylic acids is 1. The molecule has 1 fully saturated rings. The van der Waals surface area contributed by atoms with Gasteiger partial charge >= 0.3 is 5.97 Å². The molecule has 0 aliphatic carbocycles. The molecule has 0 radical (unpaired) electrons. The maximum atomic E-state index is 11.6. The van der Waals surface area contributed by atoms with Gasteiger partial charge < -0.3 is 9.47 Å². The second-order valence-corrected chi connectivity index (χ2v) is 5.78. The SMILES string of the molecule is CCOC(=N)CC(=O)OC1CCN(Cc2cccs2)C1. The molecule has 1 aromatic heterocycles. The molecule has 1 aromatic rings. The van der Waals surface area contributed by atoms with Gasteiger partial charge in [-0.15, -0.1) is 11.3 Å². The third kappa shape index (κ3) is 4.61. The van der Waals surface area contributed by atoms with Crippen molar-refractivity contribution in [1.82, 2.24) is 4.90 Å². The second-order valence-electron chi connectivity index (χ2n) is 4.75. The third-order valence-electron chi connectivity index (χ3n) is 3.11. The molecule has 1 atom stereocenters. The first-order chi connectivity index (χ1) is 9.67. The number of ether oxygens (including phenoxy) is 2. The van der Waals surface area contributed by atoms with Gasteiger partial charge in [-0.1, -0.05) is 6.07 Å². The Hall–Kier alpha value is -1.40. The predicted octanol–water partition coefficient (Wildman–Crippen LogP) is 2.27. The summed E-state index contributed by atoms with van der Waals surface area (Å²) in [6.07, 6.45) is 0.728. The number of nitrogens with zero attached hydrogens (tertiary/aromatic N) is 1. The van der Waals surface area contributed by atoms with Gasteiger partial charge in [0.2, 0.25) is 0 Å². The molecule has 1 aliphatic heterocycles. The molecule has 6 heteroatoms. The third-order valence-corrected chi connectivity index (χ3v) is 3.97. The van der Waals surface area contributed by atoms with E-state index < -0.39 is 0 Å². The van der Waals surface area contributed by atoms with Crippen LogP contribution in [0.3, 0.4) is 0 Å². The van der Waals surface area contributed by atoms with Crippen LogP contribution in [0.25, 0.3) is 0 Å². The Morgan fingerprint density at radius 3 is 3.15 bits per heavy atom. The van der Waals surface area contributed by atoms with Gasteiger partial charge in [-0.3, -0.25) is 15.1 Å². The highest BCUT2D eigenvalue weighted by Crippen LogP contribution is 2.18. The van der Waals surface area contributed by atoms with Crippen LogP contribution in [0, 0.1) is 5.41 Å². The number of hydrogen-bond acceptors (Lipinski definition) is 6. The summed E-state index contributed by atoms with van der Waals surface area (Å²) in [6.45, 7) is 4.83. The zero-order valence-electron chi connectivity index (χ0n) is 11.6. The van der Waals surface area contributed by atoms with Crippen LogP contribution in [-0.2, 0) is 20.8 Å². The molecule has 1 aliphatic rings. The Kier molecular flexibility index (Phi) is 5.55. The molecule has 0 bridgehead atoms. The number of rotatable bonds is 6. The smallest absolute Gasteiger partial charge is 0.315 e. The summed E-state index contributed by atoms with van der Waals surface area (Å²) in [5, 5.41) is 9.50. The molecule has 110 valence electrons. The van der Waals surface area contributed by atoms with Crippen LogP contribution in [0.15, 0.2) is 17.5 Å². The summed E-state index contributed by atoms with van der Waals surface area (Å²) in [6, 6.07) is 4.17. The topological polar surface area (TPSA) is 62.6 Å². The first-order valence-corrected chi connectivity index (χ1v) is 7.69. The van der Waals surface area contributed by atoms with Gasteiger partial charge in [0, 0.05) is 24.5 Å². The van der Waals surface area contributed by atoms with Crippen molar-refractivity contribution in [3.05, 3.63) is 22.4 Å². The summed E-state index contributed by atoms with van der Waals surface area (Å²) in [7, 11) is 0. The van der Waals surface area contributed by atoms with E-state index in [1.165, 1.54) is 4.88 Å². The summed E-state index contributed by atoms with van der Waals surface area (Å²) >= 11 is 1.74. The van der Waals surface area contributed by atoms with Crippen molar-refractivity contribution in [2.75, 3.05) is 19.7 Å². The van der Waals surface area contributed by atoms with Crippen molar-refractivity contribution < 1.29 is 14.3 Å². The maximum absolute atomic E-state index is 11.6. The van der Waals surface area contributed by atoms with E-state index in [-0.39, 0.29) is 24.4 Å². The monoisotopic (exact) mass is 296 g/mol. The van der Waals surface area contributed by atoms with Crippen molar-refractivity contribution in [3.8, 4) is 0 Å². The molecule has 1 N–H and O–H groups in total. The molecule has 0 amide bonds. The van der Waals surface area contributed by atoms with Gasteiger partial charge in [0.15, 0.2) is 5.90 Å². The highest BCUT2D eigenvalue weighted by molar-refractivity contribution is 7.09. The summed E-state index contributed by atoms with van der Waals surface area (Å²) in [5.41, 5.74) is 0. The van der Waals surface area contributed by atoms with Crippen LogP contribution in [0.5, 0.6) is 0 Å². The van der Waals surface area contributed by atoms with Crippen molar-refractivity contribution in [2.45, 2.75) is 32.4 Å². The van der Waals surface area contributed by atoms with Crippen LogP contribution in [0.1, 0.15) is 24.6 Å². The number of nitrogens with one attached hydrogen (secondary N) is 1. The Balaban J connectivity index is 1.70. The minimum absolute atomic E-state index is 0.0223. The molecule has 2 heterocycles. The first-order valence-electron chi connectivity index (χ1n) is 6.81. The van der Waals surface area contributed by atoms with E-state index in [4.69, 9.17) is 14.9 Å². The second kappa shape index (κ2) is 7.40. The largest absolute Gasteiger partial charge is 0.481 e. The van der Waals surface area contributed by atoms with Crippen molar-refractivity contribution in [1.29, 1.82) is 5.41 Å². The lowest BCUT2D eigenvalue weighted by atomic mass is 10.3. The lowest BCUT2D eigenvalue weighted by Gasteiger charge is -2.15. The van der Waals surface area contributed by atoms with Gasteiger partial charge in [-0.05, 0) is 24.8 Å². The van der Waals surface area contributed by atoms with Crippen LogP contribution in [0.2, 0.25) is 0 Å². The molecule has 20 heavy (non-hydrogen) atoms. The van der Waals surface area contributed by atoms with Crippen molar-refractivity contribution in [2.24, 2.45) is 0 Å². The van der Waals surface area contributed by atoms with E-state index in [1.54, 1.807) is 18.3 Å². The Bertz CT molecular complexity index is 447. The minimum atomic E-state index is -0.369. The molecule has 0 aromatic carbocycles. The Morgan fingerprint density at radius 2 is 2.45 bits per heavy atom. The van der Waals surface area contributed by atoms with E-state index in [0.29, 0.717) is 6.61 Å². The number of carbonyl (C=O) groups is 1. The van der Waals surface area contributed by atoms with E-state index >= 15 is 0 Å². The molecular weight excluding hydrogens is 276 g/mol. The van der Waals surface area contributed by atoms with Gasteiger partial charge in [0.25, 0.3) is 0 Å². The fraction of sp³-hybridized carbons (Fsp3) is 0.571. The molecular formula is C14H20N2O3S. The van der Waals surface area contributed by atoms with Crippen LogP contribution < -0.4 is 0 Å². The van der Waals surface area contributed by atoms with E-state index in [9.17, 15) is 4.79 Å². The van der Waals surface area contributed by atoms with Crippen LogP contribution >= 0.6 is 11.3 Å². The summed E-state index contributed by atoms with van der Waals surface area (Å²) in [5.74, 6) is -0.391.